The Kier molecular flexibility index (Phi) is 6.21. The first-order chi connectivity index (χ1) is 13.1. The van der Waals surface area contributed by atoms with E-state index < -0.39 is 0 Å². The molecule has 1 fully saturated rings. The van der Waals surface area contributed by atoms with E-state index >= 15 is 0 Å². The zero-order valence-electron chi connectivity index (χ0n) is 14.6. The van der Waals surface area contributed by atoms with Crippen LogP contribution < -0.4 is 14.8 Å². The standard InChI is InChI=1S/C20H17ClN2O3S/c1-3-9-26-18-15(21)10-13(11-16(18)25-2)12-17-19(24)23-20(27-17)22-14-7-5-4-6-8-14/h3-8,10-12H,1,9H2,2H3,(H,22,23,24)/b17-12-. The third kappa shape index (κ3) is 4.72. The van der Waals surface area contributed by atoms with Crippen molar-refractivity contribution in [1.82, 2.24) is 5.32 Å². The summed E-state index contributed by atoms with van der Waals surface area (Å²) in [5.41, 5.74) is 1.50. The lowest BCUT2D eigenvalue weighted by Gasteiger charge is -2.12. The minimum absolute atomic E-state index is 0.211. The van der Waals surface area contributed by atoms with Gasteiger partial charge in [-0.05, 0) is 47.7 Å². The molecule has 1 saturated heterocycles. The van der Waals surface area contributed by atoms with Crippen molar-refractivity contribution in [3.63, 3.8) is 0 Å². The van der Waals surface area contributed by atoms with E-state index in [2.05, 4.69) is 16.9 Å². The second-order valence-electron chi connectivity index (χ2n) is 5.45. The van der Waals surface area contributed by atoms with Crippen molar-refractivity contribution in [2.75, 3.05) is 13.7 Å². The number of hydrogen-bond acceptors (Lipinski definition) is 5. The normalized spacial score (nSPS) is 16.4. The van der Waals surface area contributed by atoms with Gasteiger partial charge in [0.25, 0.3) is 5.91 Å². The lowest BCUT2D eigenvalue weighted by molar-refractivity contribution is -0.115. The predicted molar refractivity (Wildman–Crippen MR) is 111 cm³/mol. The number of halogens is 1. The third-order valence-corrected chi connectivity index (χ3v) is 4.72. The van der Waals surface area contributed by atoms with E-state index in [-0.39, 0.29) is 5.91 Å². The Morgan fingerprint density at radius 1 is 1.30 bits per heavy atom. The van der Waals surface area contributed by atoms with Crippen molar-refractivity contribution in [1.29, 1.82) is 0 Å². The van der Waals surface area contributed by atoms with Gasteiger partial charge in [0.2, 0.25) is 0 Å². The molecule has 138 valence electrons. The fourth-order valence-corrected chi connectivity index (χ4v) is 3.47. The number of hydrogen-bond donors (Lipinski definition) is 1. The quantitative estimate of drug-likeness (QED) is 0.558. The first-order valence-corrected chi connectivity index (χ1v) is 9.26. The summed E-state index contributed by atoms with van der Waals surface area (Å²) in [5, 5.41) is 3.68. The van der Waals surface area contributed by atoms with E-state index in [0.717, 1.165) is 11.3 Å². The van der Waals surface area contributed by atoms with Crippen molar-refractivity contribution in [2.45, 2.75) is 0 Å². The van der Waals surface area contributed by atoms with Gasteiger partial charge in [-0.3, -0.25) is 4.79 Å². The van der Waals surface area contributed by atoms with Gasteiger partial charge in [-0.1, -0.05) is 42.5 Å². The van der Waals surface area contributed by atoms with Crippen LogP contribution in [0.1, 0.15) is 5.56 Å². The second kappa shape index (κ2) is 8.79. The molecule has 1 N–H and O–H groups in total. The van der Waals surface area contributed by atoms with Gasteiger partial charge < -0.3 is 14.8 Å². The number of benzene rings is 2. The van der Waals surface area contributed by atoms with E-state index in [0.29, 0.717) is 33.2 Å². The maximum atomic E-state index is 12.2. The highest BCUT2D eigenvalue weighted by molar-refractivity contribution is 8.18. The topological polar surface area (TPSA) is 59.9 Å². The minimum atomic E-state index is -0.211. The molecular weight excluding hydrogens is 384 g/mol. The van der Waals surface area contributed by atoms with Crippen molar-refractivity contribution in [2.24, 2.45) is 4.99 Å². The zero-order valence-corrected chi connectivity index (χ0v) is 16.1. The van der Waals surface area contributed by atoms with Crippen LogP contribution in [0.2, 0.25) is 5.02 Å². The molecule has 0 spiro atoms. The van der Waals surface area contributed by atoms with Crippen molar-refractivity contribution < 1.29 is 14.3 Å². The molecule has 1 aliphatic rings. The second-order valence-corrected chi connectivity index (χ2v) is 6.89. The molecule has 0 radical (unpaired) electrons. The van der Waals surface area contributed by atoms with Gasteiger partial charge in [0, 0.05) is 0 Å². The predicted octanol–water partition coefficient (Wildman–Crippen LogP) is 4.81. The molecule has 7 heteroatoms. The monoisotopic (exact) mass is 400 g/mol. The average Bonchev–Trinajstić information content (AvgIpc) is 3.00. The highest BCUT2D eigenvalue weighted by Crippen LogP contribution is 2.38. The maximum absolute atomic E-state index is 12.2. The van der Waals surface area contributed by atoms with Crippen LogP contribution in [0.3, 0.4) is 0 Å². The maximum Gasteiger partial charge on any atom is 0.264 e. The molecule has 1 aliphatic heterocycles. The van der Waals surface area contributed by atoms with Crippen molar-refractivity contribution >= 4 is 46.2 Å². The van der Waals surface area contributed by atoms with E-state index in [1.165, 1.54) is 18.9 Å². The van der Waals surface area contributed by atoms with E-state index in [1.807, 2.05) is 30.3 Å². The van der Waals surface area contributed by atoms with E-state index in [1.54, 1.807) is 24.3 Å². The van der Waals surface area contributed by atoms with E-state index in [9.17, 15) is 4.79 Å². The number of ether oxygens (including phenoxy) is 2. The van der Waals surface area contributed by atoms with Crippen LogP contribution in [0.25, 0.3) is 6.08 Å². The van der Waals surface area contributed by atoms with Crippen LogP contribution in [-0.4, -0.2) is 24.8 Å². The lowest BCUT2D eigenvalue weighted by atomic mass is 10.2. The van der Waals surface area contributed by atoms with Gasteiger partial charge in [-0.2, -0.15) is 0 Å². The molecule has 0 unspecified atom stereocenters. The number of para-hydroxylation sites is 1. The smallest absolute Gasteiger partial charge is 0.264 e. The van der Waals surface area contributed by atoms with Crippen molar-refractivity contribution in [3.8, 4) is 11.5 Å². The summed E-state index contributed by atoms with van der Waals surface area (Å²) in [6.45, 7) is 3.93. The Bertz CT molecular complexity index is 926. The molecular formula is C20H17ClN2O3S. The SMILES string of the molecule is C=CCOc1c(Cl)cc(/C=C2\SC(=Nc3ccccc3)NC2=O)cc1OC. The Labute approximate surface area is 166 Å². The number of nitrogens with zero attached hydrogens (tertiary/aromatic N) is 1. The number of nitrogens with one attached hydrogen (secondary N) is 1. The Balaban J connectivity index is 1.86. The number of thioether (sulfide) groups is 1. The molecule has 27 heavy (non-hydrogen) atoms. The van der Waals surface area contributed by atoms with Crippen molar-refractivity contribution in [3.05, 3.63) is 70.6 Å². The first kappa shape index (κ1) is 19.1. The van der Waals surface area contributed by atoms with Crippen LogP contribution >= 0.6 is 23.4 Å². The van der Waals surface area contributed by atoms with Gasteiger partial charge in [-0.15, -0.1) is 0 Å². The Morgan fingerprint density at radius 2 is 2.07 bits per heavy atom. The number of rotatable bonds is 6. The first-order valence-electron chi connectivity index (χ1n) is 8.06. The fraction of sp³-hybridized carbons (Fsp3) is 0.100. The summed E-state index contributed by atoms with van der Waals surface area (Å²) in [5.74, 6) is 0.714. The van der Waals surface area contributed by atoms with Gasteiger partial charge in [0.15, 0.2) is 16.7 Å². The zero-order chi connectivity index (χ0) is 19.2. The molecule has 5 nitrogen and oxygen atoms in total. The Morgan fingerprint density at radius 3 is 2.78 bits per heavy atom. The molecule has 0 saturated carbocycles. The highest BCUT2D eigenvalue weighted by Gasteiger charge is 2.24. The van der Waals surface area contributed by atoms with Crippen LogP contribution in [0, 0.1) is 0 Å². The van der Waals surface area contributed by atoms with Gasteiger partial charge in [0.05, 0.1) is 22.7 Å². The lowest BCUT2D eigenvalue weighted by Crippen LogP contribution is -2.19. The van der Waals surface area contributed by atoms with Crippen LogP contribution in [0.5, 0.6) is 11.5 Å². The largest absolute Gasteiger partial charge is 0.493 e. The molecule has 1 amide bonds. The summed E-state index contributed by atoms with van der Waals surface area (Å²) in [6.07, 6.45) is 3.36. The number of amides is 1. The molecule has 0 aliphatic carbocycles. The van der Waals surface area contributed by atoms with Gasteiger partial charge >= 0.3 is 0 Å². The summed E-state index contributed by atoms with van der Waals surface area (Å²) < 4.78 is 10.9. The molecule has 2 aromatic rings. The molecule has 1 heterocycles. The summed E-state index contributed by atoms with van der Waals surface area (Å²) >= 11 is 7.58. The number of methoxy groups -OCH3 is 1. The fourth-order valence-electron chi connectivity index (χ4n) is 2.36. The van der Waals surface area contributed by atoms with Gasteiger partial charge in [0.1, 0.15) is 6.61 Å². The Hall–Kier alpha value is -2.70. The van der Waals surface area contributed by atoms with Crippen LogP contribution in [0.4, 0.5) is 5.69 Å². The summed E-state index contributed by atoms with van der Waals surface area (Å²) in [6, 6.07) is 12.9. The number of aliphatic imine (C=N–C) groups is 1. The molecule has 3 rings (SSSR count). The number of amidine groups is 1. The number of carbonyl (C=O) groups excluding carboxylic acids is 1. The van der Waals surface area contributed by atoms with Gasteiger partial charge in [-0.25, -0.2) is 4.99 Å². The number of carbonyl (C=O) groups is 1. The molecule has 0 bridgehead atoms. The average molecular weight is 401 g/mol. The molecule has 0 aromatic heterocycles. The van der Waals surface area contributed by atoms with Crippen LogP contribution in [0.15, 0.2) is 65.0 Å². The minimum Gasteiger partial charge on any atom is -0.493 e. The van der Waals surface area contributed by atoms with E-state index in [4.69, 9.17) is 21.1 Å². The highest BCUT2D eigenvalue weighted by atomic mass is 35.5. The molecule has 0 atom stereocenters. The molecule has 2 aromatic carbocycles. The third-order valence-electron chi connectivity index (χ3n) is 3.53. The van der Waals surface area contributed by atoms with Crippen LogP contribution in [-0.2, 0) is 4.79 Å². The summed E-state index contributed by atoms with van der Waals surface area (Å²) in [4.78, 5) is 17.2. The summed E-state index contributed by atoms with van der Waals surface area (Å²) in [7, 11) is 1.53.